The van der Waals surface area contributed by atoms with Gasteiger partial charge in [0.15, 0.2) is 0 Å². The van der Waals surface area contributed by atoms with Crippen molar-refractivity contribution in [2.45, 2.75) is 30.9 Å². The van der Waals surface area contributed by atoms with E-state index in [-0.39, 0.29) is 16.2 Å². The molecule has 0 aliphatic carbocycles. The van der Waals surface area contributed by atoms with E-state index in [4.69, 9.17) is 4.74 Å². The third-order valence-electron chi connectivity index (χ3n) is 0.659. The highest BCUT2D eigenvalue weighted by atomic mass is 127. The van der Waals surface area contributed by atoms with E-state index in [2.05, 4.69) is 27.9 Å². The lowest BCUT2D eigenvalue weighted by Crippen LogP contribution is -2.30. The summed E-state index contributed by atoms with van der Waals surface area (Å²) in [6.07, 6.45) is -0.396. The minimum Gasteiger partial charge on any atom is -0.447 e. The second-order valence-electron chi connectivity index (χ2n) is 2.21. The predicted molar refractivity (Wildman–Crippen MR) is 48.2 cm³/mol. The van der Waals surface area contributed by atoms with Crippen LogP contribution in [0.25, 0.3) is 0 Å². The second kappa shape index (κ2) is 4.76. The van der Waals surface area contributed by atoms with Crippen LogP contribution in [0.1, 0.15) is 20.8 Å². The first-order valence-corrected chi connectivity index (χ1v) is 4.38. The molecule has 0 bridgehead atoms. The summed E-state index contributed by atoms with van der Waals surface area (Å²) in [5.74, 6) is 0. The molecule has 4 heteroatoms. The Bertz CT molecular complexity index is 102. The van der Waals surface area contributed by atoms with Crippen LogP contribution in [-0.4, -0.2) is 16.2 Å². The molecule has 1 atom stereocenters. The Morgan fingerprint density at radius 2 is 2.00 bits per heavy atom. The highest BCUT2D eigenvalue weighted by molar-refractivity contribution is 14.1. The molecule has 0 aromatic heterocycles. The summed E-state index contributed by atoms with van der Waals surface area (Å²) in [5.41, 5.74) is 0. The summed E-state index contributed by atoms with van der Waals surface area (Å²) < 4.78 is 4.92. The second-order valence-corrected chi connectivity index (χ2v) is 4.08. The number of amides is 1. The first-order chi connectivity index (χ1) is 4.52. The molecule has 1 unspecified atom stereocenters. The number of ether oxygens (including phenoxy) is 1. The van der Waals surface area contributed by atoms with Crippen molar-refractivity contribution in [2.75, 3.05) is 0 Å². The van der Waals surface area contributed by atoms with Crippen LogP contribution < -0.4 is 5.32 Å². The van der Waals surface area contributed by atoms with Gasteiger partial charge in [-0.15, -0.1) is 0 Å². The summed E-state index contributed by atoms with van der Waals surface area (Å²) in [6, 6.07) is 0. The number of halogens is 1. The standard InChI is InChI=1S/C6H12INO2/c1-4(2)10-6(9)8-5(3)7/h4-5H,1-3H3,(H,8,9). The lowest BCUT2D eigenvalue weighted by atomic mass is 10.5. The highest BCUT2D eigenvalue weighted by Gasteiger charge is 2.05. The topological polar surface area (TPSA) is 38.3 Å². The lowest BCUT2D eigenvalue weighted by molar-refractivity contribution is 0.115. The van der Waals surface area contributed by atoms with Crippen molar-refractivity contribution < 1.29 is 9.53 Å². The minimum atomic E-state index is -0.350. The number of alkyl halides is 1. The van der Waals surface area contributed by atoms with Crippen LogP contribution in [0.2, 0.25) is 0 Å². The average Bonchev–Trinajstić information content (AvgIpc) is 1.58. The molecule has 1 amide bonds. The Morgan fingerprint density at radius 1 is 1.50 bits per heavy atom. The van der Waals surface area contributed by atoms with Crippen LogP contribution >= 0.6 is 22.6 Å². The summed E-state index contributed by atoms with van der Waals surface area (Å²) in [5, 5.41) is 2.60. The number of rotatable bonds is 2. The molecule has 0 rings (SSSR count). The van der Waals surface area contributed by atoms with Gasteiger partial charge in [0, 0.05) is 0 Å². The van der Waals surface area contributed by atoms with Crippen LogP contribution in [0.15, 0.2) is 0 Å². The molecule has 1 N–H and O–H groups in total. The van der Waals surface area contributed by atoms with Crippen molar-refractivity contribution >= 4 is 28.7 Å². The van der Waals surface area contributed by atoms with Gasteiger partial charge < -0.3 is 10.1 Å². The Labute approximate surface area is 74.7 Å². The van der Waals surface area contributed by atoms with Gasteiger partial charge in [0.1, 0.15) is 0 Å². The molecule has 60 valence electrons. The molecule has 10 heavy (non-hydrogen) atoms. The maximum absolute atomic E-state index is 10.7. The fraction of sp³-hybridized carbons (Fsp3) is 0.833. The summed E-state index contributed by atoms with van der Waals surface area (Å²) in [7, 11) is 0. The van der Waals surface area contributed by atoms with Gasteiger partial charge in [0.25, 0.3) is 0 Å². The molecule has 0 spiro atoms. The van der Waals surface area contributed by atoms with E-state index < -0.39 is 0 Å². The molecule has 0 saturated carbocycles. The maximum atomic E-state index is 10.7. The lowest BCUT2D eigenvalue weighted by Gasteiger charge is -2.10. The summed E-state index contributed by atoms with van der Waals surface area (Å²) in [6.45, 7) is 5.51. The molecule has 3 nitrogen and oxygen atoms in total. The first-order valence-electron chi connectivity index (χ1n) is 3.13. The zero-order valence-corrected chi connectivity index (χ0v) is 8.51. The molecule has 0 fully saturated rings. The van der Waals surface area contributed by atoms with Gasteiger partial charge in [0.2, 0.25) is 0 Å². The van der Waals surface area contributed by atoms with E-state index in [1.165, 1.54) is 0 Å². The van der Waals surface area contributed by atoms with Crippen molar-refractivity contribution in [2.24, 2.45) is 0 Å². The van der Waals surface area contributed by atoms with Gasteiger partial charge >= 0.3 is 6.09 Å². The van der Waals surface area contributed by atoms with Gasteiger partial charge in [-0.2, -0.15) is 0 Å². The van der Waals surface area contributed by atoms with Crippen molar-refractivity contribution in [1.29, 1.82) is 0 Å². The van der Waals surface area contributed by atoms with Gasteiger partial charge in [-0.3, -0.25) is 0 Å². The van der Waals surface area contributed by atoms with E-state index in [1.807, 2.05) is 20.8 Å². The largest absolute Gasteiger partial charge is 0.447 e. The molecular formula is C6H12INO2. The van der Waals surface area contributed by atoms with E-state index in [9.17, 15) is 4.79 Å². The number of carbonyl (C=O) groups excluding carboxylic acids is 1. The fourth-order valence-electron chi connectivity index (χ4n) is 0.410. The third kappa shape index (κ3) is 6.12. The smallest absolute Gasteiger partial charge is 0.408 e. The van der Waals surface area contributed by atoms with Crippen molar-refractivity contribution in [3.05, 3.63) is 0 Å². The molecule has 0 aromatic rings. The Balaban J connectivity index is 3.44. The Hall–Kier alpha value is 0. The monoisotopic (exact) mass is 257 g/mol. The number of hydrogen-bond donors (Lipinski definition) is 1. The third-order valence-corrected chi connectivity index (χ3v) is 0.971. The number of hydrogen-bond acceptors (Lipinski definition) is 2. The highest BCUT2D eigenvalue weighted by Crippen LogP contribution is 1.95. The van der Waals surface area contributed by atoms with Gasteiger partial charge in [-0.25, -0.2) is 4.79 Å². The van der Waals surface area contributed by atoms with Crippen molar-refractivity contribution in [1.82, 2.24) is 5.32 Å². The van der Waals surface area contributed by atoms with Gasteiger partial charge in [0.05, 0.1) is 10.2 Å². The molecule has 0 heterocycles. The summed E-state index contributed by atoms with van der Waals surface area (Å²) >= 11 is 2.09. The number of nitrogens with one attached hydrogen (secondary N) is 1. The van der Waals surface area contributed by atoms with E-state index in [0.717, 1.165) is 0 Å². The van der Waals surface area contributed by atoms with Crippen LogP contribution in [0.5, 0.6) is 0 Å². The summed E-state index contributed by atoms with van der Waals surface area (Å²) in [4.78, 5) is 10.7. The van der Waals surface area contributed by atoms with Gasteiger partial charge in [-0.1, -0.05) is 22.6 Å². The molecule has 0 aromatic carbocycles. The van der Waals surface area contributed by atoms with E-state index >= 15 is 0 Å². The fourth-order valence-corrected chi connectivity index (χ4v) is 0.665. The van der Waals surface area contributed by atoms with Crippen molar-refractivity contribution in [3.8, 4) is 0 Å². The molecule has 0 saturated heterocycles. The molecule has 0 aliphatic rings. The maximum Gasteiger partial charge on any atom is 0.408 e. The zero-order chi connectivity index (χ0) is 8.15. The molecule has 0 aliphatic heterocycles. The Morgan fingerprint density at radius 3 is 2.30 bits per heavy atom. The molecule has 0 radical (unpaired) electrons. The number of alkyl carbamates (subject to hydrolysis) is 1. The van der Waals surface area contributed by atoms with Crippen LogP contribution in [0.3, 0.4) is 0 Å². The van der Waals surface area contributed by atoms with E-state index in [0.29, 0.717) is 0 Å². The first kappa shape index (κ1) is 10.0. The minimum absolute atomic E-state index is 0.0462. The zero-order valence-electron chi connectivity index (χ0n) is 6.35. The van der Waals surface area contributed by atoms with Crippen LogP contribution in [-0.2, 0) is 4.74 Å². The number of carbonyl (C=O) groups is 1. The quantitative estimate of drug-likeness (QED) is 0.466. The van der Waals surface area contributed by atoms with Crippen molar-refractivity contribution in [3.63, 3.8) is 0 Å². The SMILES string of the molecule is CC(I)NC(=O)OC(C)C. The predicted octanol–water partition coefficient (Wildman–Crippen LogP) is 1.90. The normalized spacial score (nSPS) is 12.9. The van der Waals surface area contributed by atoms with E-state index in [1.54, 1.807) is 0 Å². The van der Waals surface area contributed by atoms with Crippen LogP contribution in [0.4, 0.5) is 4.79 Å². The Kier molecular flexibility index (Phi) is 4.76. The average molecular weight is 257 g/mol. The van der Waals surface area contributed by atoms with Gasteiger partial charge in [-0.05, 0) is 20.8 Å². The van der Waals surface area contributed by atoms with Crippen LogP contribution in [0, 0.1) is 0 Å². The molecular weight excluding hydrogens is 245 g/mol.